The van der Waals surface area contributed by atoms with Gasteiger partial charge in [0.15, 0.2) is 5.78 Å². The minimum Gasteiger partial charge on any atom is -0.384 e. The second-order valence-corrected chi connectivity index (χ2v) is 8.25. The Morgan fingerprint density at radius 2 is 1.94 bits per heavy atom. The Morgan fingerprint density at radius 3 is 2.75 bits per heavy atom. The van der Waals surface area contributed by atoms with E-state index in [0.717, 1.165) is 57.9 Å². The van der Waals surface area contributed by atoms with E-state index < -0.39 is 0 Å². The lowest BCUT2D eigenvalue weighted by Gasteiger charge is -2.13. The first kappa shape index (κ1) is 20.1. The molecule has 0 radical (unpaired) electrons. The molecule has 2 aromatic heterocycles. The fraction of sp³-hybridized carbons (Fsp3) is 0.240. The summed E-state index contributed by atoms with van der Waals surface area (Å²) in [7, 11) is 0. The number of ketones is 1. The maximum absolute atomic E-state index is 12.9. The Kier molecular flexibility index (Phi) is 4.81. The van der Waals surface area contributed by atoms with Crippen LogP contribution in [0.25, 0.3) is 21.7 Å². The number of rotatable bonds is 4. The van der Waals surface area contributed by atoms with Crippen molar-refractivity contribution < 1.29 is 9.59 Å². The molecule has 0 spiro atoms. The molecule has 1 aliphatic carbocycles. The fourth-order valence-electron chi connectivity index (χ4n) is 4.75. The molecule has 5 N–H and O–H groups in total. The van der Waals surface area contributed by atoms with E-state index in [1.54, 1.807) is 6.07 Å². The van der Waals surface area contributed by atoms with E-state index in [1.165, 1.54) is 0 Å². The third kappa shape index (κ3) is 3.26. The summed E-state index contributed by atoms with van der Waals surface area (Å²) in [5.41, 5.74) is 16.2. The number of aromatic nitrogens is 2. The second kappa shape index (κ2) is 7.67. The molecule has 0 aliphatic heterocycles. The van der Waals surface area contributed by atoms with Gasteiger partial charge in [0, 0.05) is 41.4 Å². The molecule has 0 saturated carbocycles. The number of hydrogen-bond donors (Lipinski definition) is 3. The molecular formula is C25H25N5O2. The number of nitrogens with zero attached hydrogens (tertiary/aromatic N) is 2. The van der Waals surface area contributed by atoms with Gasteiger partial charge in [-0.3, -0.25) is 9.59 Å². The van der Waals surface area contributed by atoms with Crippen molar-refractivity contribution in [2.75, 3.05) is 11.5 Å². The number of carbonyl (C=O) groups excluding carboxylic acids is 2. The van der Waals surface area contributed by atoms with Crippen LogP contribution < -0.4 is 16.8 Å². The molecule has 32 heavy (non-hydrogen) atoms. The van der Waals surface area contributed by atoms with Crippen LogP contribution in [0.15, 0.2) is 42.5 Å². The van der Waals surface area contributed by atoms with Gasteiger partial charge in [0.1, 0.15) is 11.6 Å². The largest absolute Gasteiger partial charge is 0.384 e. The minimum absolute atomic E-state index is 0.157. The van der Waals surface area contributed by atoms with Crippen molar-refractivity contribution in [1.29, 1.82) is 0 Å². The summed E-state index contributed by atoms with van der Waals surface area (Å²) >= 11 is 0. The Balaban J connectivity index is 1.42. The molecule has 0 fully saturated rings. The first-order chi connectivity index (χ1) is 15.5. The van der Waals surface area contributed by atoms with Gasteiger partial charge in [-0.1, -0.05) is 12.1 Å². The quantitative estimate of drug-likeness (QED) is 0.458. The number of pyridine rings is 1. The van der Waals surface area contributed by atoms with E-state index >= 15 is 0 Å². The number of nitrogens with one attached hydrogen (secondary N) is 1. The van der Waals surface area contributed by atoms with Crippen LogP contribution in [0.1, 0.15) is 51.7 Å². The van der Waals surface area contributed by atoms with Gasteiger partial charge in [-0.25, -0.2) is 4.98 Å². The Morgan fingerprint density at radius 1 is 1.09 bits per heavy atom. The highest BCUT2D eigenvalue weighted by Gasteiger charge is 2.25. The highest BCUT2D eigenvalue weighted by atomic mass is 16.1. The molecule has 5 rings (SSSR count). The van der Waals surface area contributed by atoms with Gasteiger partial charge in [0.2, 0.25) is 0 Å². The lowest BCUT2D eigenvalue weighted by Crippen LogP contribution is -2.22. The van der Waals surface area contributed by atoms with Crippen LogP contribution in [-0.2, 0) is 19.5 Å². The van der Waals surface area contributed by atoms with Crippen molar-refractivity contribution in [3.05, 3.63) is 64.8 Å². The van der Waals surface area contributed by atoms with Crippen molar-refractivity contribution in [3.63, 3.8) is 0 Å². The van der Waals surface area contributed by atoms with Crippen LogP contribution in [0.2, 0.25) is 0 Å². The van der Waals surface area contributed by atoms with Gasteiger partial charge in [-0.15, -0.1) is 0 Å². The number of Topliss-reactive ketones (excluding diaryl/α,β-unsaturated/α-hetero) is 1. The molecule has 0 atom stereocenters. The standard InChI is InChI=1S/C25H25N5O2/c1-2-30-20-9-8-16(11-19(20)17-4-3-5-21(31)23(17)30)25(32)28-13-14-6-7-15-12-22(26)29-24(27)18(15)10-14/h6-12H,2-5,13H2,1H3,(H,28,32)(H4,26,27,29). The van der Waals surface area contributed by atoms with E-state index in [0.29, 0.717) is 30.2 Å². The lowest BCUT2D eigenvalue weighted by molar-refractivity contribution is 0.0947. The molecule has 162 valence electrons. The Bertz CT molecular complexity index is 1400. The van der Waals surface area contributed by atoms with Crippen LogP contribution in [0.5, 0.6) is 0 Å². The zero-order chi connectivity index (χ0) is 22.4. The molecule has 4 aromatic rings. The monoisotopic (exact) mass is 427 g/mol. The molecule has 0 unspecified atom stereocenters. The second-order valence-electron chi connectivity index (χ2n) is 8.25. The number of benzene rings is 2. The predicted molar refractivity (Wildman–Crippen MR) is 127 cm³/mol. The maximum Gasteiger partial charge on any atom is 0.251 e. The summed E-state index contributed by atoms with van der Waals surface area (Å²) < 4.78 is 2.08. The van der Waals surface area contributed by atoms with Crippen molar-refractivity contribution >= 4 is 45.0 Å². The normalized spacial score (nSPS) is 13.5. The van der Waals surface area contributed by atoms with Crippen molar-refractivity contribution in [3.8, 4) is 0 Å². The highest BCUT2D eigenvalue weighted by Crippen LogP contribution is 2.33. The number of nitrogen functional groups attached to an aromatic ring is 2. The predicted octanol–water partition coefficient (Wildman–Crippen LogP) is 3.82. The number of aryl methyl sites for hydroxylation is 2. The lowest BCUT2D eigenvalue weighted by atomic mass is 9.94. The smallest absolute Gasteiger partial charge is 0.251 e. The summed E-state index contributed by atoms with van der Waals surface area (Å²) in [5, 5.41) is 5.71. The highest BCUT2D eigenvalue weighted by molar-refractivity contribution is 6.06. The summed E-state index contributed by atoms with van der Waals surface area (Å²) in [6, 6.07) is 13.2. The van der Waals surface area contributed by atoms with Gasteiger partial charge in [-0.2, -0.15) is 0 Å². The fourth-order valence-corrected chi connectivity index (χ4v) is 4.75. The maximum atomic E-state index is 12.9. The van der Waals surface area contributed by atoms with Crippen molar-refractivity contribution in [1.82, 2.24) is 14.9 Å². The average molecular weight is 428 g/mol. The van der Waals surface area contributed by atoms with Crippen LogP contribution >= 0.6 is 0 Å². The number of carbonyl (C=O) groups is 2. The zero-order valence-corrected chi connectivity index (χ0v) is 17.9. The van der Waals surface area contributed by atoms with Gasteiger partial charge in [0.05, 0.1) is 5.69 Å². The van der Waals surface area contributed by atoms with E-state index in [4.69, 9.17) is 11.5 Å². The summed E-state index contributed by atoms with van der Waals surface area (Å²) in [4.78, 5) is 29.5. The molecule has 1 amide bonds. The van der Waals surface area contributed by atoms with E-state index in [1.807, 2.05) is 43.3 Å². The van der Waals surface area contributed by atoms with Gasteiger partial charge >= 0.3 is 0 Å². The average Bonchev–Trinajstić information content (AvgIpc) is 3.11. The molecule has 2 heterocycles. The van der Waals surface area contributed by atoms with Crippen molar-refractivity contribution in [2.45, 2.75) is 39.3 Å². The number of hydrogen-bond acceptors (Lipinski definition) is 5. The molecule has 0 saturated heterocycles. The molecule has 0 bridgehead atoms. The molecular weight excluding hydrogens is 402 g/mol. The molecule has 2 aromatic carbocycles. The first-order valence-electron chi connectivity index (χ1n) is 10.9. The summed E-state index contributed by atoms with van der Waals surface area (Å²) in [5.74, 6) is 0.795. The molecule has 1 aliphatic rings. The Labute approximate surface area is 185 Å². The number of nitrogens with two attached hydrogens (primary N) is 2. The SMILES string of the molecule is CCn1c2c(c3cc(C(=O)NCc4ccc5cc(N)nc(N)c5c4)ccc31)CCCC2=O. The number of fused-ring (bicyclic) bond motifs is 4. The van der Waals surface area contributed by atoms with E-state index in [9.17, 15) is 9.59 Å². The van der Waals surface area contributed by atoms with Crippen molar-refractivity contribution in [2.24, 2.45) is 0 Å². The van der Waals surface area contributed by atoms with E-state index in [-0.39, 0.29) is 11.7 Å². The number of amides is 1. The van der Waals surface area contributed by atoms with Gasteiger partial charge < -0.3 is 21.4 Å². The van der Waals surface area contributed by atoms with Gasteiger partial charge in [-0.05, 0) is 66.6 Å². The topological polar surface area (TPSA) is 116 Å². The summed E-state index contributed by atoms with van der Waals surface area (Å²) in [6.07, 6.45) is 2.32. The Hall–Kier alpha value is -3.87. The van der Waals surface area contributed by atoms with Crippen LogP contribution in [0.4, 0.5) is 11.6 Å². The zero-order valence-electron chi connectivity index (χ0n) is 17.9. The third-order valence-corrected chi connectivity index (χ3v) is 6.24. The van der Waals surface area contributed by atoms with Crippen LogP contribution in [0, 0.1) is 0 Å². The van der Waals surface area contributed by atoms with E-state index in [2.05, 4.69) is 14.9 Å². The molecule has 7 heteroatoms. The first-order valence-corrected chi connectivity index (χ1v) is 10.9. The summed E-state index contributed by atoms with van der Waals surface area (Å²) in [6.45, 7) is 3.14. The van der Waals surface area contributed by atoms with Crippen LogP contribution in [0.3, 0.4) is 0 Å². The van der Waals surface area contributed by atoms with Crippen LogP contribution in [-0.4, -0.2) is 21.2 Å². The number of anilines is 2. The van der Waals surface area contributed by atoms with Gasteiger partial charge in [0.25, 0.3) is 5.91 Å². The minimum atomic E-state index is -0.157. The molecule has 7 nitrogen and oxygen atoms in total. The third-order valence-electron chi connectivity index (χ3n) is 6.24.